The van der Waals surface area contributed by atoms with Crippen molar-refractivity contribution in [2.24, 2.45) is 5.73 Å². The van der Waals surface area contributed by atoms with Gasteiger partial charge in [-0.1, -0.05) is 30.3 Å². The van der Waals surface area contributed by atoms with Crippen LogP contribution in [0.4, 0.5) is 8.78 Å². The Bertz CT molecular complexity index is 779. The zero-order valence-electron chi connectivity index (χ0n) is 15.1. The van der Waals surface area contributed by atoms with Gasteiger partial charge in [-0.3, -0.25) is 4.79 Å². The minimum absolute atomic E-state index is 0.314. The number of hydrogen-bond acceptors (Lipinski definition) is 3. The Morgan fingerprint density at radius 3 is 2.59 bits per heavy atom. The summed E-state index contributed by atoms with van der Waals surface area (Å²) in [5.74, 6) is -1.24. The number of rotatable bonds is 2. The smallest absolute Gasteiger partial charge is 0.210 e. The molecule has 144 valence electrons. The molecule has 0 radical (unpaired) electrons. The van der Waals surface area contributed by atoms with Crippen molar-refractivity contribution in [3.8, 4) is 0 Å². The number of hydrogen-bond donors (Lipinski definition) is 1. The van der Waals surface area contributed by atoms with Gasteiger partial charge in [0.05, 0.1) is 12.6 Å². The molecule has 4 rings (SSSR count). The molecule has 0 saturated carbocycles. The number of fused-ring (bicyclic) bond motifs is 1. The Kier molecular flexibility index (Phi) is 6.53. The number of nitrogens with zero attached hydrogens (tertiary/aromatic N) is 1. The summed E-state index contributed by atoms with van der Waals surface area (Å²) in [5.41, 5.74) is 7.83. The van der Waals surface area contributed by atoms with Gasteiger partial charge < -0.3 is 15.4 Å². The molecule has 2 aromatic rings. The van der Waals surface area contributed by atoms with E-state index in [2.05, 4.69) is 0 Å². The molecule has 2 heterocycles. The second kappa shape index (κ2) is 9.06. The fourth-order valence-corrected chi connectivity index (χ4v) is 3.53. The first-order valence-electron chi connectivity index (χ1n) is 9.17. The fraction of sp³-hybridized carbons (Fsp3) is 0.381. The van der Waals surface area contributed by atoms with Crippen molar-refractivity contribution in [3.05, 3.63) is 70.8 Å². The molecule has 2 aromatic carbocycles. The molecular formula is C21H24F2N2O2. The van der Waals surface area contributed by atoms with Crippen molar-refractivity contribution in [1.29, 1.82) is 0 Å². The van der Waals surface area contributed by atoms with Crippen LogP contribution in [-0.2, 0) is 16.0 Å². The van der Waals surface area contributed by atoms with E-state index in [1.165, 1.54) is 12.1 Å². The van der Waals surface area contributed by atoms with Crippen LogP contribution in [0.5, 0.6) is 0 Å². The Hall–Kier alpha value is -2.31. The standard InChI is InChI=1S/C16H13F2NO.C5H11NO/c17-12-5-6-14(15(18)9-12)16-13-4-2-1-3-11(13)7-8-19(16)10-20;6-5-2-1-3-7-4-5/h1-6,9-10,16H,7-8H2;5H,1-4,6H2. The monoisotopic (exact) mass is 374 g/mol. The molecule has 27 heavy (non-hydrogen) atoms. The number of amides is 1. The first kappa shape index (κ1) is 19.5. The zero-order valence-corrected chi connectivity index (χ0v) is 15.1. The van der Waals surface area contributed by atoms with Crippen LogP contribution in [0.15, 0.2) is 42.5 Å². The van der Waals surface area contributed by atoms with E-state index in [9.17, 15) is 13.6 Å². The zero-order chi connectivity index (χ0) is 19.2. The lowest BCUT2D eigenvalue weighted by atomic mass is 9.88. The Morgan fingerprint density at radius 1 is 1.15 bits per heavy atom. The maximum atomic E-state index is 14.1. The molecular weight excluding hydrogens is 350 g/mol. The third kappa shape index (κ3) is 4.70. The van der Waals surface area contributed by atoms with Crippen molar-refractivity contribution in [1.82, 2.24) is 4.90 Å². The van der Waals surface area contributed by atoms with Crippen LogP contribution in [0.2, 0.25) is 0 Å². The average molecular weight is 374 g/mol. The van der Waals surface area contributed by atoms with Crippen LogP contribution < -0.4 is 5.73 Å². The van der Waals surface area contributed by atoms with Gasteiger partial charge in [0.2, 0.25) is 6.41 Å². The topological polar surface area (TPSA) is 55.6 Å². The van der Waals surface area contributed by atoms with E-state index >= 15 is 0 Å². The van der Waals surface area contributed by atoms with Gasteiger partial charge >= 0.3 is 0 Å². The van der Waals surface area contributed by atoms with Gasteiger partial charge in [0.25, 0.3) is 0 Å². The molecule has 0 spiro atoms. The summed E-state index contributed by atoms with van der Waals surface area (Å²) >= 11 is 0. The minimum atomic E-state index is -0.626. The first-order chi connectivity index (χ1) is 13.1. The van der Waals surface area contributed by atoms with Gasteiger partial charge in [-0.25, -0.2) is 8.78 Å². The fourth-order valence-electron chi connectivity index (χ4n) is 3.53. The predicted molar refractivity (Wildman–Crippen MR) is 99.1 cm³/mol. The van der Waals surface area contributed by atoms with Gasteiger partial charge in [0.15, 0.2) is 0 Å². The lowest BCUT2D eigenvalue weighted by molar-refractivity contribution is -0.120. The highest BCUT2D eigenvalue weighted by Crippen LogP contribution is 2.35. The van der Waals surface area contributed by atoms with Gasteiger partial charge in [-0.2, -0.15) is 0 Å². The third-order valence-electron chi connectivity index (χ3n) is 4.91. The van der Waals surface area contributed by atoms with E-state index in [1.54, 1.807) is 4.90 Å². The third-order valence-corrected chi connectivity index (χ3v) is 4.91. The SMILES string of the molecule is NC1CCCOC1.O=CN1CCc2ccccc2C1c1ccc(F)cc1F. The van der Waals surface area contributed by atoms with Gasteiger partial charge in [-0.15, -0.1) is 0 Å². The summed E-state index contributed by atoms with van der Waals surface area (Å²) < 4.78 is 32.2. The molecule has 1 amide bonds. The van der Waals surface area contributed by atoms with Crippen molar-refractivity contribution >= 4 is 6.41 Å². The normalized spacial score (nSPS) is 21.7. The summed E-state index contributed by atoms with van der Waals surface area (Å²) in [6.45, 7) is 2.20. The van der Waals surface area contributed by atoms with Gasteiger partial charge in [-0.05, 0) is 36.5 Å². The lowest BCUT2D eigenvalue weighted by Gasteiger charge is -2.35. The predicted octanol–water partition coefficient (Wildman–Crippen LogP) is 3.19. The number of nitrogens with two attached hydrogens (primary N) is 1. The maximum absolute atomic E-state index is 14.1. The van der Waals surface area contributed by atoms with E-state index in [0.717, 1.165) is 56.1 Å². The molecule has 2 aliphatic rings. The first-order valence-corrected chi connectivity index (χ1v) is 9.17. The molecule has 2 unspecified atom stereocenters. The molecule has 2 atom stereocenters. The van der Waals surface area contributed by atoms with Crippen LogP contribution >= 0.6 is 0 Å². The highest BCUT2D eigenvalue weighted by atomic mass is 19.1. The quantitative estimate of drug-likeness (QED) is 0.822. The molecule has 2 N–H and O–H groups in total. The van der Waals surface area contributed by atoms with Crippen LogP contribution in [0.25, 0.3) is 0 Å². The van der Waals surface area contributed by atoms with E-state index in [1.807, 2.05) is 24.3 Å². The Balaban J connectivity index is 0.000000253. The summed E-state index contributed by atoms with van der Waals surface area (Å²) in [6.07, 6.45) is 3.75. The average Bonchev–Trinajstić information content (AvgIpc) is 2.68. The molecule has 2 aliphatic heterocycles. The summed E-state index contributed by atoms with van der Waals surface area (Å²) in [5, 5.41) is 0. The molecule has 6 heteroatoms. The van der Waals surface area contributed by atoms with Gasteiger partial charge in [0, 0.05) is 30.8 Å². The number of ether oxygens (including phenoxy) is 1. The summed E-state index contributed by atoms with van der Waals surface area (Å²) in [6, 6.07) is 11.0. The Labute approximate surface area is 157 Å². The van der Waals surface area contributed by atoms with Crippen LogP contribution in [0.3, 0.4) is 0 Å². The van der Waals surface area contributed by atoms with Crippen LogP contribution in [0, 0.1) is 11.6 Å². The van der Waals surface area contributed by atoms with Crippen molar-refractivity contribution < 1.29 is 18.3 Å². The molecule has 0 aromatic heterocycles. The van der Waals surface area contributed by atoms with E-state index in [4.69, 9.17) is 10.5 Å². The van der Waals surface area contributed by atoms with Crippen molar-refractivity contribution in [2.75, 3.05) is 19.8 Å². The molecule has 1 saturated heterocycles. The summed E-state index contributed by atoms with van der Waals surface area (Å²) in [4.78, 5) is 12.8. The number of benzene rings is 2. The Morgan fingerprint density at radius 2 is 1.96 bits per heavy atom. The van der Waals surface area contributed by atoms with Crippen molar-refractivity contribution in [2.45, 2.75) is 31.3 Å². The number of halogens is 2. The highest BCUT2D eigenvalue weighted by Gasteiger charge is 2.29. The molecule has 0 bridgehead atoms. The van der Waals surface area contributed by atoms with Crippen LogP contribution in [0.1, 0.15) is 35.6 Å². The largest absolute Gasteiger partial charge is 0.380 e. The summed E-state index contributed by atoms with van der Waals surface area (Å²) in [7, 11) is 0. The van der Waals surface area contributed by atoms with Crippen molar-refractivity contribution in [3.63, 3.8) is 0 Å². The second-order valence-electron chi connectivity index (χ2n) is 6.84. The maximum Gasteiger partial charge on any atom is 0.210 e. The number of carbonyl (C=O) groups excluding carboxylic acids is 1. The van der Waals surface area contributed by atoms with E-state index in [-0.39, 0.29) is 0 Å². The van der Waals surface area contributed by atoms with Crippen LogP contribution in [-0.4, -0.2) is 37.1 Å². The van der Waals surface area contributed by atoms with Gasteiger partial charge in [0.1, 0.15) is 11.6 Å². The van der Waals surface area contributed by atoms with E-state index < -0.39 is 17.7 Å². The minimum Gasteiger partial charge on any atom is -0.380 e. The molecule has 4 nitrogen and oxygen atoms in total. The molecule has 1 fully saturated rings. The number of carbonyl (C=O) groups is 1. The second-order valence-corrected chi connectivity index (χ2v) is 6.84. The van der Waals surface area contributed by atoms with E-state index in [0.29, 0.717) is 18.2 Å². The lowest BCUT2D eigenvalue weighted by Crippen LogP contribution is -2.35. The highest BCUT2D eigenvalue weighted by molar-refractivity contribution is 5.54. The molecule has 0 aliphatic carbocycles.